The lowest BCUT2D eigenvalue weighted by Crippen LogP contribution is -2.61. The van der Waals surface area contributed by atoms with Crippen molar-refractivity contribution in [3.63, 3.8) is 0 Å². The molecule has 1 rings (SSSR count). The second-order valence-corrected chi connectivity index (χ2v) is 18.4. The zero-order chi connectivity index (χ0) is 54.7. The van der Waals surface area contributed by atoms with Crippen molar-refractivity contribution < 1.29 is 58.2 Å². The van der Waals surface area contributed by atoms with Gasteiger partial charge < -0.3 is 39.0 Å². The number of hydrogen-bond acceptors (Lipinski definition) is 11. The molecule has 12 nitrogen and oxygen atoms in total. The van der Waals surface area contributed by atoms with E-state index in [-0.39, 0.29) is 25.9 Å². The van der Waals surface area contributed by atoms with Crippen molar-refractivity contribution in [3.05, 3.63) is 134 Å². The fourth-order valence-electron chi connectivity index (χ4n) is 7.49. The average Bonchev–Trinajstić information content (AvgIpc) is 3.39. The summed E-state index contributed by atoms with van der Waals surface area (Å²) in [6, 6.07) is 0. The number of carboxylic acid groups (broad SMARTS) is 1. The monoisotopic (exact) mass is 1040 g/mol. The molecule has 75 heavy (non-hydrogen) atoms. The summed E-state index contributed by atoms with van der Waals surface area (Å²) in [6.45, 7) is 5.54. The van der Waals surface area contributed by atoms with Crippen LogP contribution in [0.5, 0.6) is 0 Å². The summed E-state index contributed by atoms with van der Waals surface area (Å²) in [5, 5.41) is 31.4. The first-order valence-corrected chi connectivity index (χ1v) is 28.2. The molecule has 3 N–H and O–H groups in total. The fraction of sp³-hybridized carbons (Fsp3) is 0.587. The fourth-order valence-corrected chi connectivity index (χ4v) is 7.49. The van der Waals surface area contributed by atoms with Gasteiger partial charge in [-0.3, -0.25) is 14.4 Å². The molecule has 0 aromatic rings. The van der Waals surface area contributed by atoms with E-state index in [9.17, 15) is 34.5 Å². The van der Waals surface area contributed by atoms with Crippen molar-refractivity contribution in [2.45, 2.75) is 225 Å². The van der Waals surface area contributed by atoms with Crippen LogP contribution < -0.4 is 0 Å². The molecule has 0 radical (unpaired) electrons. The first-order chi connectivity index (χ1) is 36.6. The molecule has 1 aliphatic rings. The normalized spacial score (nSPS) is 19.2. The molecule has 0 spiro atoms. The number of ether oxygens (including phenoxy) is 5. The number of hydrogen-bond donors (Lipinski definition) is 3. The van der Waals surface area contributed by atoms with E-state index in [0.717, 1.165) is 122 Å². The maximum absolute atomic E-state index is 13.1. The molecule has 0 aliphatic carbocycles. The minimum atomic E-state index is -1.93. The Morgan fingerprint density at radius 3 is 1.27 bits per heavy atom. The van der Waals surface area contributed by atoms with E-state index >= 15 is 0 Å². The van der Waals surface area contributed by atoms with Gasteiger partial charge in [-0.15, -0.1) is 0 Å². The van der Waals surface area contributed by atoms with Crippen LogP contribution in [0.4, 0.5) is 0 Å². The van der Waals surface area contributed by atoms with Crippen LogP contribution in [0.15, 0.2) is 134 Å². The van der Waals surface area contributed by atoms with E-state index < -0.39 is 67.3 Å². The van der Waals surface area contributed by atoms with Crippen molar-refractivity contribution in [2.75, 3.05) is 13.2 Å². The third-order valence-electron chi connectivity index (χ3n) is 11.7. The van der Waals surface area contributed by atoms with Crippen molar-refractivity contribution in [1.82, 2.24) is 0 Å². The van der Waals surface area contributed by atoms with Crippen LogP contribution >= 0.6 is 0 Å². The lowest BCUT2D eigenvalue weighted by molar-refractivity contribution is -0.301. The number of carbonyl (C=O) groups excluding carboxylic acids is 3. The lowest BCUT2D eigenvalue weighted by Gasteiger charge is -2.40. The third-order valence-corrected chi connectivity index (χ3v) is 11.7. The zero-order valence-corrected chi connectivity index (χ0v) is 46.0. The largest absolute Gasteiger partial charge is 0.479 e. The van der Waals surface area contributed by atoms with Crippen molar-refractivity contribution in [2.24, 2.45) is 0 Å². The number of aliphatic carboxylic acids is 1. The van der Waals surface area contributed by atoms with Gasteiger partial charge in [0.05, 0.1) is 6.61 Å². The SMILES string of the molecule is CC/C=C\C/C=C\C/C=C\C/C=C\C/C=C\CCCC(=O)OCC(COC1OC(C(=O)O)C(O)C(O)C1OC(=O)CCCCCCC/C=C\C/C=C\C/C=C\CC)OC(=O)CCCCC/C=C\C/C=C\C/C=C\CC. The Labute approximate surface area is 451 Å². The highest BCUT2D eigenvalue weighted by atomic mass is 16.7. The van der Waals surface area contributed by atoms with Crippen LogP contribution in [0.3, 0.4) is 0 Å². The summed E-state index contributed by atoms with van der Waals surface area (Å²) < 4.78 is 28.3. The van der Waals surface area contributed by atoms with E-state index in [2.05, 4.69) is 142 Å². The highest BCUT2D eigenvalue weighted by molar-refractivity contribution is 5.74. The smallest absolute Gasteiger partial charge is 0.335 e. The molecule has 420 valence electrons. The van der Waals surface area contributed by atoms with Gasteiger partial charge >= 0.3 is 23.9 Å². The molecule has 1 aliphatic heterocycles. The number of rotatable bonds is 45. The summed E-state index contributed by atoms with van der Waals surface area (Å²) in [4.78, 5) is 51.0. The van der Waals surface area contributed by atoms with Crippen molar-refractivity contribution in [1.29, 1.82) is 0 Å². The maximum atomic E-state index is 13.1. The Balaban J connectivity index is 2.78. The van der Waals surface area contributed by atoms with Gasteiger partial charge in [-0.05, 0) is 122 Å². The predicted molar refractivity (Wildman–Crippen MR) is 303 cm³/mol. The summed E-state index contributed by atoms with van der Waals surface area (Å²) >= 11 is 0. The Kier molecular flexibility index (Phi) is 45.0. The van der Waals surface area contributed by atoms with Crippen LogP contribution in [-0.4, -0.2) is 89.2 Å². The average molecular weight is 1050 g/mol. The Bertz CT molecular complexity index is 1810. The number of carbonyl (C=O) groups is 4. The first kappa shape index (κ1) is 67.9. The van der Waals surface area contributed by atoms with Crippen LogP contribution in [-0.2, 0) is 42.9 Å². The molecule has 1 heterocycles. The quantitative estimate of drug-likeness (QED) is 0.0228. The van der Waals surface area contributed by atoms with Gasteiger partial charge in [0, 0.05) is 19.3 Å². The molecule has 12 heteroatoms. The maximum Gasteiger partial charge on any atom is 0.335 e. The topological polar surface area (TPSA) is 175 Å². The van der Waals surface area contributed by atoms with Gasteiger partial charge in [0.1, 0.15) is 18.8 Å². The van der Waals surface area contributed by atoms with Crippen LogP contribution in [0, 0.1) is 0 Å². The second-order valence-electron chi connectivity index (χ2n) is 18.4. The van der Waals surface area contributed by atoms with E-state index in [0.29, 0.717) is 25.7 Å². The van der Waals surface area contributed by atoms with Crippen molar-refractivity contribution in [3.8, 4) is 0 Å². The molecule has 0 aromatic carbocycles. The van der Waals surface area contributed by atoms with Gasteiger partial charge in [0.25, 0.3) is 0 Å². The molecular weight excluding hydrogens is 949 g/mol. The van der Waals surface area contributed by atoms with Gasteiger partial charge in [-0.2, -0.15) is 0 Å². The van der Waals surface area contributed by atoms with Gasteiger partial charge in [0.15, 0.2) is 24.6 Å². The Morgan fingerprint density at radius 1 is 0.440 bits per heavy atom. The second kappa shape index (κ2) is 49.7. The van der Waals surface area contributed by atoms with Gasteiger partial charge in [-0.1, -0.05) is 180 Å². The van der Waals surface area contributed by atoms with Crippen LogP contribution in [0.2, 0.25) is 0 Å². The molecule has 0 amide bonds. The molecule has 0 saturated carbocycles. The molecular formula is C63H96O12. The summed E-state index contributed by atoms with van der Waals surface area (Å²) in [5.41, 5.74) is 0. The number of aliphatic hydroxyl groups excluding tert-OH is 2. The molecule has 6 atom stereocenters. The van der Waals surface area contributed by atoms with Crippen molar-refractivity contribution >= 4 is 23.9 Å². The highest BCUT2D eigenvalue weighted by Crippen LogP contribution is 2.26. The van der Waals surface area contributed by atoms with Gasteiger partial charge in [-0.25, -0.2) is 4.79 Å². The summed E-state index contributed by atoms with van der Waals surface area (Å²) in [7, 11) is 0. The molecule has 1 saturated heterocycles. The minimum absolute atomic E-state index is 0.0240. The van der Waals surface area contributed by atoms with E-state index in [1.807, 2.05) is 12.2 Å². The molecule has 1 fully saturated rings. The van der Waals surface area contributed by atoms with Crippen LogP contribution in [0.25, 0.3) is 0 Å². The molecule has 0 bridgehead atoms. The van der Waals surface area contributed by atoms with E-state index in [4.69, 9.17) is 23.7 Å². The van der Waals surface area contributed by atoms with Gasteiger partial charge in [0.2, 0.25) is 0 Å². The predicted octanol–water partition coefficient (Wildman–Crippen LogP) is 14.2. The molecule has 0 aromatic heterocycles. The third kappa shape index (κ3) is 39.9. The minimum Gasteiger partial charge on any atom is -0.479 e. The zero-order valence-electron chi connectivity index (χ0n) is 46.0. The Morgan fingerprint density at radius 2 is 0.813 bits per heavy atom. The lowest BCUT2D eigenvalue weighted by atomic mass is 9.98. The summed E-state index contributed by atoms with van der Waals surface area (Å²) in [5.74, 6) is -3.29. The van der Waals surface area contributed by atoms with Crippen LogP contribution in [0.1, 0.15) is 188 Å². The number of aliphatic hydroxyl groups is 2. The standard InChI is InChI=1S/C63H96O12/c1-4-7-10-13-16-19-22-25-27-28-30-32-34-37-40-43-46-49-55(64)71-52-54(73-56(65)50-47-44-41-38-35-31-24-21-18-15-12-9-6-3)53-72-63-61(59(68)58(67)60(75-63)62(69)70)74-57(66)51-48-45-42-39-36-33-29-26-23-20-17-14-11-8-5-2/h7-12,16-21,25-27,29-32,35,37,40,54,58-61,63,67-68H,4-6,13-15,22-24,28,33-34,36,38-39,41-53H2,1-3H3,(H,69,70)/b10-7-,11-8-,12-9-,19-16-,20-17-,21-18-,27-25-,29-26-,32-30-,35-31-,40-37-. The summed E-state index contributed by atoms with van der Waals surface area (Å²) in [6.07, 6.45) is 57.2. The number of carboxylic acids is 1. The highest BCUT2D eigenvalue weighted by Gasteiger charge is 2.50. The van der Waals surface area contributed by atoms with E-state index in [1.165, 1.54) is 0 Å². The molecule has 6 unspecified atom stereocenters. The number of esters is 3. The van der Waals surface area contributed by atoms with E-state index in [1.54, 1.807) is 0 Å². The Hall–Kier alpha value is -5.14. The number of unbranched alkanes of at least 4 members (excludes halogenated alkanes) is 9. The number of allylic oxidation sites excluding steroid dienone is 22. The first-order valence-electron chi connectivity index (χ1n) is 28.2.